The van der Waals surface area contributed by atoms with Crippen molar-refractivity contribution >= 4 is 5.97 Å². The summed E-state index contributed by atoms with van der Waals surface area (Å²) in [5, 5.41) is 11.2. The molecule has 0 aromatic carbocycles. The standard InChI is InChI=1S/C5H9NO2.C2H6O/c7-5(8)4-2-1-3-6-4;1-3-2/h4,6H,1-3H2,(H,7,8);1-2H3/t4-;/m0./s1. The molecule has 1 aliphatic rings. The lowest BCUT2D eigenvalue weighted by Crippen LogP contribution is -2.29. The van der Waals surface area contributed by atoms with Crippen molar-refractivity contribution in [1.29, 1.82) is 0 Å². The van der Waals surface area contributed by atoms with Crippen LogP contribution in [0, 0.1) is 0 Å². The lowest BCUT2D eigenvalue weighted by atomic mass is 10.2. The Balaban J connectivity index is 0.000000292. The number of ether oxygens (including phenoxy) is 1. The zero-order valence-electron chi connectivity index (χ0n) is 6.96. The van der Waals surface area contributed by atoms with E-state index in [-0.39, 0.29) is 6.04 Å². The molecule has 1 atom stereocenters. The van der Waals surface area contributed by atoms with Crippen LogP contribution in [0.15, 0.2) is 0 Å². The Kier molecular flexibility index (Phi) is 5.78. The van der Waals surface area contributed by atoms with Gasteiger partial charge in [-0.15, -0.1) is 0 Å². The van der Waals surface area contributed by atoms with Gasteiger partial charge in [-0.2, -0.15) is 0 Å². The highest BCUT2D eigenvalue weighted by Gasteiger charge is 2.20. The van der Waals surface area contributed by atoms with Crippen LogP contribution in [-0.2, 0) is 9.53 Å². The van der Waals surface area contributed by atoms with Gasteiger partial charge in [-0.05, 0) is 19.4 Å². The first-order valence-corrected chi connectivity index (χ1v) is 3.58. The topological polar surface area (TPSA) is 58.6 Å². The van der Waals surface area contributed by atoms with E-state index < -0.39 is 5.97 Å². The summed E-state index contributed by atoms with van der Waals surface area (Å²) in [5.74, 6) is -0.720. The van der Waals surface area contributed by atoms with Crippen molar-refractivity contribution in [2.45, 2.75) is 18.9 Å². The number of carboxylic acid groups (broad SMARTS) is 1. The van der Waals surface area contributed by atoms with Gasteiger partial charge in [-0.3, -0.25) is 4.79 Å². The van der Waals surface area contributed by atoms with E-state index in [0.29, 0.717) is 0 Å². The van der Waals surface area contributed by atoms with E-state index in [4.69, 9.17) is 5.11 Å². The van der Waals surface area contributed by atoms with Gasteiger partial charge in [0.05, 0.1) is 0 Å². The average Bonchev–Trinajstić information content (AvgIpc) is 2.38. The molecule has 2 N–H and O–H groups in total. The van der Waals surface area contributed by atoms with Gasteiger partial charge in [0.25, 0.3) is 0 Å². The molecular formula is C7H15NO3. The summed E-state index contributed by atoms with van der Waals surface area (Å²) >= 11 is 0. The van der Waals surface area contributed by atoms with Crippen molar-refractivity contribution in [3.05, 3.63) is 0 Å². The molecule has 0 bridgehead atoms. The van der Waals surface area contributed by atoms with Crippen molar-refractivity contribution in [1.82, 2.24) is 5.32 Å². The first-order chi connectivity index (χ1) is 5.22. The van der Waals surface area contributed by atoms with Crippen LogP contribution in [0.3, 0.4) is 0 Å². The third-order valence-electron chi connectivity index (χ3n) is 1.36. The molecule has 1 fully saturated rings. The van der Waals surface area contributed by atoms with Crippen molar-refractivity contribution in [2.24, 2.45) is 0 Å². The summed E-state index contributed by atoms with van der Waals surface area (Å²) in [6, 6.07) is -0.269. The molecule has 11 heavy (non-hydrogen) atoms. The first kappa shape index (κ1) is 10.4. The third kappa shape index (κ3) is 4.75. The third-order valence-corrected chi connectivity index (χ3v) is 1.36. The highest BCUT2D eigenvalue weighted by molar-refractivity contribution is 5.73. The Morgan fingerprint density at radius 3 is 2.36 bits per heavy atom. The van der Waals surface area contributed by atoms with E-state index >= 15 is 0 Å². The summed E-state index contributed by atoms with van der Waals surface area (Å²) in [4.78, 5) is 10.1. The molecule has 1 rings (SSSR count). The largest absolute Gasteiger partial charge is 0.480 e. The number of rotatable bonds is 1. The predicted molar refractivity (Wildman–Crippen MR) is 41.6 cm³/mol. The number of hydrogen-bond acceptors (Lipinski definition) is 3. The lowest BCUT2D eigenvalue weighted by molar-refractivity contribution is -0.139. The zero-order chi connectivity index (χ0) is 8.69. The molecule has 4 nitrogen and oxygen atoms in total. The summed E-state index contributed by atoms with van der Waals surface area (Å²) in [6.45, 7) is 0.858. The average molecular weight is 161 g/mol. The fourth-order valence-electron chi connectivity index (χ4n) is 0.895. The van der Waals surface area contributed by atoms with Gasteiger partial charge in [0.1, 0.15) is 6.04 Å². The van der Waals surface area contributed by atoms with Crippen molar-refractivity contribution in [3.63, 3.8) is 0 Å². The maximum absolute atomic E-state index is 10.1. The van der Waals surface area contributed by atoms with E-state index in [1.54, 1.807) is 14.2 Å². The van der Waals surface area contributed by atoms with Crippen LogP contribution in [0.25, 0.3) is 0 Å². The molecule has 66 valence electrons. The molecule has 0 aromatic rings. The molecule has 0 amide bonds. The Morgan fingerprint density at radius 2 is 2.18 bits per heavy atom. The van der Waals surface area contributed by atoms with Crippen LogP contribution in [-0.4, -0.2) is 37.9 Å². The molecule has 1 aliphatic heterocycles. The smallest absolute Gasteiger partial charge is 0.320 e. The van der Waals surface area contributed by atoms with Crippen LogP contribution in [0.5, 0.6) is 0 Å². The molecule has 4 heteroatoms. The minimum absolute atomic E-state index is 0.269. The molecule has 1 saturated heterocycles. The predicted octanol–water partition coefficient (Wildman–Crippen LogP) is 0.0856. The number of carbonyl (C=O) groups is 1. The van der Waals surface area contributed by atoms with Crippen molar-refractivity contribution in [3.8, 4) is 0 Å². The number of aliphatic carboxylic acids is 1. The fourth-order valence-corrected chi connectivity index (χ4v) is 0.895. The Bertz CT molecular complexity index is 110. The summed E-state index contributed by atoms with van der Waals surface area (Å²) in [6.07, 6.45) is 1.78. The van der Waals surface area contributed by atoms with E-state index in [9.17, 15) is 4.79 Å². The van der Waals surface area contributed by atoms with Gasteiger partial charge in [-0.25, -0.2) is 0 Å². The molecule has 0 unspecified atom stereocenters. The monoisotopic (exact) mass is 161 g/mol. The summed E-state index contributed by atoms with van der Waals surface area (Å²) in [5.41, 5.74) is 0. The Hall–Kier alpha value is -0.610. The minimum Gasteiger partial charge on any atom is -0.480 e. The maximum Gasteiger partial charge on any atom is 0.320 e. The van der Waals surface area contributed by atoms with Gasteiger partial charge in [0, 0.05) is 14.2 Å². The quantitative estimate of drug-likeness (QED) is 0.572. The normalized spacial score (nSPS) is 22.2. The van der Waals surface area contributed by atoms with Gasteiger partial charge >= 0.3 is 5.97 Å². The molecule has 1 heterocycles. The molecule has 0 aliphatic carbocycles. The highest BCUT2D eigenvalue weighted by Crippen LogP contribution is 2.03. The SMILES string of the molecule is COC.O=C(O)[C@@H]1CCCN1. The summed E-state index contributed by atoms with van der Waals surface area (Å²) in [7, 11) is 3.25. The maximum atomic E-state index is 10.1. The van der Waals surface area contributed by atoms with Gasteiger partial charge in [-0.1, -0.05) is 0 Å². The van der Waals surface area contributed by atoms with Gasteiger partial charge in [0.15, 0.2) is 0 Å². The van der Waals surface area contributed by atoms with Crippen LogP contribution in [0.2, 0.25) is 0 Å². The molecule has 0 spiro atoms. The van der Waals surface area contributed by atoms with Crippen LogP contribution >= 0.6 is 0 Å². The minimum atomic E-state index is -0.720. The number of carboxylic acids is 1. The second-order valence-electron chi connectivity index (χ2n) is 2.40. The first-order valence-electron chi connectivity index (χ1n) is 3.58. The van der Waals surface area contributed by atoms with Gasteiger partial charge < -0.3 is 15.2 Å². The Labute approximate surface area is 66.5 Å². The number of methoxy groups -OCH3 is 1. The number of hydrogen-bond donors (Lipinski definition) is 2. The lowest BCUT2D eigenvalue weighted by Gasteiger charge is -1.99. The molecule has 0 aromatic heterocycles. The van der Waals surface area contributed by atoms with E-state index in [2.05, 4.69) is 10.1 Å². The number of nitrogens with one attached hydrogen (secondary N) is 1. The van der Waals surface area contributed by atoms with Crippen LogP contribution < -0.4 is 5.32 Å². The van der Waals surface area contributed by atoms with Gasteiger partial charge in [0.2, 0.25) is 0 Å². The van der Waals surface area contributed by atoms with Crippen LogP contribution in [0.4, 0.5) is 0 Å². The molecular weight excluding hydrogens is 146 g/mol. The van der Waals surface area contributed by atoms with Crippen molar-refractivity contribution < 1.29 is 14.6 Å². The fraction of sp³-hybridized carbons (Fsp3) is 0.857. The van der Waals surface area contributed by atoms with Crippen LogP contribution in [0.1, 0.15) is 12.8 Å². The molecule has 0 radical (unpaired) electrons. The van der Waals surface area contributed by atoms with E-state index in [0.717, 1.165) is 19.4 Å². The highest BCUT2D eigenvalue weighted by atomic mass is 16.4. The Morgan fingerprint density at radius 1 is 1.64 bits per heavy atom. The molecule has 0 saturated carbocycles. The summed E-state index contributed by atoms with van der Waals surface area (Å²) < 4.78 is 4.25. The second kappa shape index (κ2) is 6.12. The second-order valence-corrected chi connectivity index (χ2v) is 2.40. The van der Waals surface area contributed by atoms with Crippen molar-refractivity contribution in [2.75, 3.05) is 20.8 Å². The van der Waals surface area contributed by atoms with E-state index in [1.807, 2.05) is 0 Å². The van der Waals surface area contributed by atoms with E-state index in [1.165, 1.54) is 0 Å². The zero-order valence-corrected chi connectivity index (χ0v) is 6.96.